The van der Waals surface area contributed by atoms with Gasteiger partial charge in [-0.05, 0) is 26.8 Å². The Bertz CT molecular complexity index is 452. The summed E-state index contributed by atoms with van der Waals surface area (Å²) in [6.45, 7) is 5.64. The van der Waals surface area contributed by atoms with Crippen LogP contribution in [0.25, 0.3) is 0 Å². The summed E-state index contributed by atoms with van der Waals surface area (Å²) >= 11 is 5.94. The van der Waals surface area contributed by atoms with E-state index in [2.05, 4.69) is 5.16 Å². The summed E-state index contributed by atoms with van der Waals surface area (Å²) in [7, 11) is 0. The summed E-state index contributed by atoms with van der Waals surface area (Å²) in [5, 5.41) is 4.35. The molecule has 0 spiro atoms. The first-order chi connectivity index (χ1) is 8.88. The smallest absolute Gasteiger partial charge is 0.309 e. The van der Waals surface area contributed by atoms with Crippen molar-refractivity contribution < 1.29 is 14.4 Å². The predicted molar refractivity (Wildman–Crippen MR) is 75.5 cm³/mol. The molecular weight excluding hydrogens is 266 g/mol. The molecule has 0 saturated carbocycles. The van der Waals surface area contributed by atoms with Crippen LogP contribution in [-0.4, -0.2) is 24.4 Å². The number of hydrogen-bond donors (Lipinski definition) is 0. The van der Waals surface area contributed by atoms with E-state index in [0.717, 1.165) is 5.56 Å². The first-order valence-electron chi connectivity index (χ1n) is 6.00. The fraction of sp³-hybridized carbons (Fsp3) is 0.429. The minimum absolute atomic E-state index is 0.164. The highest BCUT2D eigenvalue weighted by Gasteiger charge is 2.15. The molecule has 1 aromatic carbocycles. The summed E-state index contributed by atoms with van der Waals surface area (Å²) < 4.78 is 5.13. The van der Waals surface area contributed by atoms with Crippen molar-refractivity contribution in [2.75, 3.05) is 6.61 Å². The number of ether oxygens (including phenoxy) is 1. The standard InChI is InChI=1S/C14H18ClNO3/c1-14(2,3)19-13(17)8-9-18-16-10-11-6-4-5-7-12(11)15/h4-7,10H,8-9H2,1-3H3/b16-10+. The van der Waals surface area contributed by atoms with Crippen molar-refractivity contribution in [3.8, 4) is 0 Å². The van der Waals surface area contributed by atoms with E-state index in [9.17, 15) is 4.79 Å². The molecule has 5 heteroatoms. The van der Waals surface area contributed by atoms with Gasteiger partial charge < -0.3 is 9.57 Å². The number of carbonyl (C=O) groups excluding carboxylic acids is 1. The average Bonchev–Trinajstić information content (AvgIpc) is 2.28. The second-order valence-corrected chi connectivity index (χ2v) is 5.33. The predicted octanol–water partition coefficient (Wildman–Crippen LogP) is 3.42. The fourth-order valence-electron chi connectivity index (χ4n) is 1.25. The summed E-state index contributed by atoms with van der Waals surface area (Å²) in [6.07, 6.45) is 1.68. The molecule has 0 fully saturated rings. The maximum atomic E-state index is 11.4. The molecule has 0 aliphatic rings. The molecule has 0 aromatic heterocycles. The van der Waals surface area contributed by atoms with Gasteiger partial charge in [0.2, 0.25) is 0 Å². The van der Waals surface area contributed by atoms with E-state index in [1.807, 2.05) is 39.0 Å². The van der Waals surface area contributed by atoms with E-state index < -0.39 is 5.60 Å². The molecule has 0 unspecified atom stereocenters. The number of nitrogens with zero attached hydrogens (tertiary/aromatic N) is 1. The quantitative estimate of drug-likeness (QED) is 0.360. The highest BCUT2D eigenvalue weighted by molar-refractivity contribution is 6.33. The second-order valence-electron chi connectivity index (χ2n) is 4.93. The number of hydrogen-bond acceptors (Lipinski definition) is 4. The lowest BCUT2D eigenvalue weighted by molar-refractivity contribution is -0.156. The van der Waals surface area contributed by atoms with Crippen LogP contribution in [-0.2, 0) is 14.4 Å². The summed E-state index contributed by atoms with van der Waals surface area (Å²) in [6, 6.07) is 7.28. The summed E-state index contributed by atoms with van der Waals surface area (Å²) in [5.74, 6) is -0.305. The zero-order chi connectivity index (χ0) is 14.3. The van der Waals surface area contributed by atoms with E-state index in [0.29, 0.717) is 5.02 Å². The van der Waals surface area contributed by atoms with Crippen molar-refractivity contribution >= 4 is 23.8 Å². The largest absolute Gasteiger partial charge is 0.460 e. The van der Waals surface area contributed by atoms with Gasteiger partial charge in [-0.2, -0.15) is 0 Å². The Morgan fingerprint density at radius 1 is 1.37 bits per heavy atom. The number of rotatable bonds is 5. The van der Waals surface area contributed by atoms with Gasteiger partial charge >= 0.3 is 5.97 Å². The van der Waals surface area contributed by atoms with Gasteiger partial charge in [-0.1, -0.05) is 35.0 Å². The van der Waals surface area contributed by atoms with Crippen molar-refractivity contribution in [3.05, 3.63) is 34.9 Å². The van der Waals surface area contributed by atoms with Crippen LogP contribution in [0.5, 0.6) is 0 Å². The maximum absolute atomic E-state index is 11.4. The molecule has 0 bridgehead atoms. The number of oxime groups is 1. The second kappa shape index (κ2) is 7.14. The fourth-order valence-corrected chi connectivity index (χ4v) is 1.43. The first kappa shape index (κ1) is 15.5. The Kier molecular flexibility index (Phi) is 5.83. The minimum atomic E-state index is -0.474. The molecule has 0 radical (unpaired) electrons. The van der Waals surface area contributed by atoms with E-state index in [4.69, 9.17) is 21.2 Å². The van der Waals surface area contributed by atoms with Gasteiger partial charge in [-0.3, -0.25) is 4.79 Å². The Hall–Kier alpha value is -1.55. The highest BCUT2D eigenvalue weighted by Crippen LogP contribution is 2.12. The van der Waals surface area contributed by atoms with Crippen LogP contribution in [0.4, 0.5) is 0 Å². The van der Waals surface area contributed by atoms with Gasteiger partial charge in [0.05, 0.1) is 12.6 Å². The Labute approximate surface area is 118 Å². The lowest BCUT2D eigenvalue weighted by Gasteiger charge is -2.19. The first-order valence-corrected chi connectivity index (χ1v) is 6.38. The van der Waals surface area contributed by atoms with Crippen molar-refractivity contribution in [2.24, 2.45) is 5.16 Å². The number of carbonyl (C=O) groups is 1. The molecule has 104 valence electrons. The van der Waals surface area contributed by atoms with Gasteiger partial charge in [0.1, 0.15) is 12.2 Å². The van der Waals surface area contributed by atoms with Crippen LogP contribution in [0, 0.1) is 0 Å². The van der Waals surface area contributed by atoms with E-state index in [1.165, 1.54) is 6.21 Å². The Morgan fingerprint density at radius 3 is 2.68 bits per heavy atom. The van der Waals surface area contributed by atoms with Crippen LogP contribution >= 0.6 is 11.6 Å². The van der Waals surface area contributed by atoms with Crippen LogP contribution in [0.15, 0.2) is 29.4 Å². The molecule has 0 atom stereocenters. The molecule has 0 N–H and O–H groups in total. The van der Waals surface area contributed by atoms with Crippen molar-refractivity contribution in [2.45, 2.75) is 32.8 Å². The summed E-state index contributed by atoms with van der Waals surface area (Å²) in [4.78, 5) is 16.4. The van der Waals surface area contributed by atoms with Gasteiger partial charge in [-0.15, -0.1) is 0 Å². The van der Waals surface area contributed by atoms with Crippen LogP contribution in [0.3, 0.4) is 0 Å². The van der Waals surface area contributed by atoms with Gasteiger partial charge in [0.15, 0.2) is 0 Å². The molecule has 0 heterocycles. The zero-order valence-electron chi connectivity index (χ0n) is 11.4. The molecule has 4 nitrogen and oxygen atoms in total. The van der Waals surface area contributed by atoms with Gasteiger partial charge in [-0.25, -0.2) is 0 Å². The normalized spacial score (nSPS) is 11.6. The van der Waals surface area contributed by atoms with Crippen LogP contribution in [0.1, 0.15) is 32.8 Å². The molecule has 0 aliphatic heterocycles. The number of esters is 1. The van der Waals surface area contributed by atoms with Gasteiger partial charge in [0.25, 0.3) is 0 Å². The van der Waals surface area contributed by atoms with Crippen LogP contribution < -0.4 is 0 Å². The maximum Gasteiger partial charge on any atom is 0.309 e. The minimum Gasteiger partial charge on any atom is -0.460 e. The van der Waals surface area contributed by atoms with E-state index >= 15 is 0 Å². The third-order valence-corrected chi connectivity index (χ3v) is 2.33. The SMILES string of the molecule is CC(C)(C)OC(=O)CCO/N=C/c1ccccc1Cl. The van der Waals surface area contributed by atoms with Crippen LogP contribution in [0.2, 0.25) is 5.02 Å². The van der Waals surface area contributed by atoms with E-state index in [1.54, 1.807) is 6.07 Å². The van der Waals surface area contributed by atoms with Gasteiger partial charge in [0, 0.05) is 10.6 Å². The van der Waals surface area contributed by atoms with Crippen molar-refractivity contribution in [1.29, 1.82) is 0 Å². The number of halogens is 1. The zero-order valence-corrected chi connectivity index (χ0v) is 12.1. The molecule has 19 heavy (non-hydrogen) atoms. The topological polar surface area (TPSA) is 47.9 Å². The van der Waals surface area contributed by atoms with Crippen molar-refractivity contribution in [1.82, 2.24) is 0 Å². The lowest BCUT2D eigenvalue weighted by atomic mass is 10.2. The molecule has 0 amide bonds. The van der Waals surface area contributed by atoms with Crippen molar-refractivity contribution in [3.63, 3.8) is 0 Å². The monoisotopic (exact) mass is 283 g/mol. The Morgan fingerprint density at radius 2 is 2.05 bits per heavy atom. The number of benzene rings is 1. The molecule has 0 aliphatic carbocycles. The Balaban J connectivity index is 2.28. The molecule has 0 saturated heterocycles. The molecule has 1 rings (SSSR count). The summed E-state index contributed by atoms with van der Waals surface area (Å²) in [5.41, 5.74) is 0.291. The van der Waals surface area contributed by atoms with E-state index in [-0.39, 0.29) is 19.0 Å². The lowest BCUT2D eigenvalue weighted by Crippen LogP contribution is -2.24. The molecule has 1 aromatic rings. The average molecular weight is 284 g/mol. The highest BCUT2D eigenvalue weighted by atomic mass is 35.5. The third kappa shape index (κ3) is 6.82. The third-order valence-electron chi connectivity index (χ3n) is 1.99. The molecular formula is C14H18ClNO3.